The van der Waals surface area contributed by atoms with E-state index in [1.807, 2.05) is 31.5 Å². The summed E-state index contributed by atoms with van der Waals surface area (Å²) in [7, 11) is 1.92. The molecule has 0 spiro atoms. The lowest BCUT2D eigenvalue weighted by molar-refractivity contribution is 0.716. The second-order valence-corrected chi connectivity index (χ2v) is 6.56. The fourth-order valence-electron chi connectivity index (χ4n) is 2.04. The van der Waals surface area contributed by atoms with Gasteiger partial charge in [-0.25, -0.2) is 4.98 Å². The zero-order valence-corrected chi connectivity index (χ0v) is 14.9. The molecule has 0 fully saturated rings. The van der Waals surface area contributed by atoms with Crippen molar-refractivity contribution in [2.45, 2.75) is 39.8 Å². The Labute approximate surface area is 140 Å². The lowest BCUT2D eigenvalue weighted by Gasteiger charge is -2.15. The molecule has 2 N–H and O–H groups in total. The average molecular weight is 342 g/mol. The number of anilines is 1. The molecule has 1 heterocycles. The van der Waals surface area contributed by atoms with Crippen LogP contribution in [0.5, 0.6) is 0 Å². The summed E-state index contributed by atoms with van der Waals surface area (Å²) in [5.41, 5.74) is 1.69. The molecule has 0 bridgehead atoms. The molecule has 0 unspecified atom stereocenters. The number of rotatable bonds is 3. The summed E-state index contributed by atoms with van der Waals surface area (Å²) in [5.74, 6) is 1.38. The number of hydrogen-bond donors (Lipinski definition) is 2. The number of fused-ring (bicyclic) bond motifs is 1. The average Bonchev–Trinajstić information content (AvgIpc) is 2.66. The highest BCUT2D eigenvalue weighted by atomic mass is 35.5. The normalized spacial score (nSPS) is 12.5. The Hall–Kier alpha value is -1.46. The van der Waals surface area contributed by atoms with Crippen LogP contribution in [0.4, 0.5) is 5.95 Å². The highest BCUT2D eigenvalue weighted by Gasteiger charge is 2.13. The first-order valence-electron chi connectivity index (χ1n) is 7.20. The van der Waals surface area contributed by atoms with Gasteiger partial charge in [0.05, 0.1) is 21.1 Å². The molecule has 0 saturated heterocycles. The fraction of sp³-hybridized carbons (Fsp3) is 0.467. The van der Waals surface area contributed by atoms with Crippen LogP contribution in [-0.4, -0.2) is 27.6 Å². The van der Waals surface area contributed by atoms with Crippen molar-refractivity contribution in [3.63, 3.8) is 0 Å². The number of guanidine groups is 1. The van der Waals surface area contributed by atoms with E-state index in [2.05, 4.69) is 34.5 Å². The number of hydrogen-bond acceptors (Lipinski definition) is 2. The Kier molecular flexibility index (Phi) is 5.19. The summed E-state index contributed by atoms with van der Waals surface area (Å²) < 4.78 is 1.93. The maximum Gasteiger partial charge on any atom is 0.210 e. The van der Waals surface area contributed by atoms with Crippen LogP contribution in [0.3, 0.4) is 0 Å². The van der Waals surface area contributed by atoms with Gasteiger partial charge < -0.3 is 9.88 Å². The summed E-state index contributed by atoms with van der Waals surface area (Å²) in [6, 6.07) is 4.02. The molecular weight excluding hydrogens is 321 g/mol. The molecule has 0 saturated carbocycles. The molecule has 22 heavy (non-hydrogen) atoms. The maximum absolute atomic E-state index is 6.08. The summed E-state index contributed by atoms with van der Waals surface area (Å²) >= 11 is 12.1. The van der Waals surface area contributed by atoms with E-state index in [9.17, 15) is 0 Å². The van der Waals surface area contributed by atoms with Crippen LogP contribution in [0.1, 0.15) is 27.7 Å². The van der Waals surface area contributed by atoms with E-state index in [0.717, 1.165) is 11.0 Å². The number of imidazole rings is 1. The molecule has 120 valence electrons. The first kappa shape index (κ1) is 16.9. The Bertz CT molecular complexity index is 704. The smallest absolute Gasteiger partial charge is 0.210 e. The van der Waals surface area contributed by atoms with Crippen molar-refractivity contribution in [1.29, 1.82) is 0 Å². The van der Waals surface area contributed by atoms with E-state index in [1.54, 1.807) is 6.07 Å². The van der Waals surface area contributed by atoms with Gasteiger partial charge in [-0.15, -0.1) is 0 Å². The Morgan fingerprint density at radius 3 is 2.41 bits per heavy atom. The van der Waals surface area contributed by atoms with Crippen molar-refractivity contribution in [2.75, 3.05) is 5.32 Å². The summed E-state index contributed by atoms with van der Waals surface area (Å²) in [6.07, 6.45) is 0. The minimum atomic E-state index is 0.173. The van der Waals surface area contributed by atoms with Gasteiger partial charge in [0.25, 0.3) is 0 Å². The summed E-state index contributed by atoms with van der Waals surface area (Å²) in [6.45, 7) is 8.17. The highest BCUT2D eigenvalue weighted by Crippen LogP contribution is 2.28. The summed E-state index contributed by atoms with van der Waals surface area (Å²) in [4.78, 5) is 9.10. The lowest BCUT2D eigenvalue weighted by Crippen LogP contribution is -2.37. The minimum absolute atomic E-state index is 0.173. The maximum atomic E-state index is 6.08. The van der Waals surface area contributed by atoms with Gasteiger partial charge in [0.1, 0.15) is 0 Å². The molecule has 0 atom stereocenters. The van der Waals surface area contributed by atoms with Crippen molar-refractivity contribution in [3.8, 4) is 0 Å². The third-order valence-electron chi connectivity index (χ3n) is 2.97. The molecule has 0 aliphatic rings. The highest BCUT2D eigenvalue weighted by molar-refractivity contribution is 6.42. The molecule has 5 nitrogen and oxygen atoms in total. The number of aliphatic imine (C=N–C) groups is 1. The van der Waals surface area contributed by atoms with Gasteiger partial charge in [-0.2, -0.15) is 0 Å². The van der Waals surface area contributed by atoms with Crippen molar-refractivity contribution < 1.29 is 0 Å². The third-order valence-corrected chi connectivity index (χ3v) is 3.69. The van der Waals surface area contributed by atoms with Crippen LogP contribution in [0, 0.1) is 0 Å². The largest absolute Gasteiger partial charge is 0.354 e. The zero-order valence-electron chi connectivity index (χ0n) is 13.4. The van der Waals surface area contributed by atoms with Gasteiger partial charge in [0, 0.05) is 19.1 Å². The molecule has 0 radical (unpaired) electrons. The SMILES string of the molecule is CC(C)N=C(Nc1nc2cc(Cl)c(Cl)cc2n1C)NC(C)C. The van der Waals surface area contributed by atoms with Crippen LogP contribution in [-0.2, 0) is 7.05 Å². The molecule has 0 aliphatic carbocycles. The van der Waals surface area contributed by atoms with Gasteiger partial charge in [-0.1, -0.05) is 23.2 Å². The number of aromatic nitrogens is 2. The van der Waals surface area contributed by atoms with E-state index < -0.39 is 0 Å². The molecule has 2 rings (SSSR count). The van der Waals surface area contributed by atoms with Crippen molar-refractivity contribution in [3.05, 3.63) is 22.2 Å². The van der Waals surface area contributed by atoms with E-state index in [0.29, 0.717) is 22.0 Å². The van der Waals surface area contributed by atoms with Crippen LogP contribution < -0.4 is 10.6 Å². The molecule has 1 aromatic heterocycles. The van der Waals surface area contributed by atoms with Crippen molar-refractivity contribution in [2.24, 2.45) is 12.0 Å². The van der Waals surface area contributed by atoms with Gasteiger partial charge in [-0.3, -0.25) is 10.3 Å². The second kappa shape index (κ2) is 6.75. The number of halogens is 2. The van der Waals surface area contributed by atoms with Gasteiger partial charge in [0.15, 0.2) is 5.96 Å². The fourth-order valence-corrected chi connectivity index (χ4v) is 2.36. The van der Waals surface area contributed by atoms with E-state index in [-0.39, 0.29) is 12.1 Å². The monoisotopic (exact) mass is 341 g/mol. The molecule has 7 heteroatoms. The van der Waals surface area contributed by atoms with Crippen molar-refractivity contribution in [1.82, 2.24) is 14.9 Å². The first-order chi connectivity index (χ1) is 10.3. The van der Waals surface area contributed by atoms with Crippen LogP contribution >= 0.6 is 23.2 Å². The molecule has 0 amide bonds. The number of nitrogens with zero attached hydrogens (tertiary/aromatic N) is 3. The van der Waals surface area contributed by atoms with Gasteiger partial charge in [-0.05, 0) is 39.8 Å². The van der Waals surface area contributed by atoms with Crippen LogP contribution in [0.2, 0.25) is 10.0 Å². The number of benzene rings is 1. The standard InChI is InChI=1S/C15H21Cl2N5/c1-8(2)18-14(19-9(3)4)21-15-20-12-6-10(16)11(17)7-13(12)22(15)5/h6-9H,1-5H3,(H2,18,19,20,21). The third kappa shape index (κ3) is 3.84. The van der Waals surface area contributed by atoms with Crippen molar-refractivity contribution >= 4 is 46.1 Å². The topological polar surface area (TPSA) is 54.2 Å². The zero-order chi connectivity index (χ0) is 16.4. The Balaban J connectivity index is 2.39. The summed E-state index contributed by atoms with van der Waals surface area (Å²) in [5, 5.41) is 7.54. The number of nitrogens with one attached hydrogen (secondary N) is 2. The van der Waals surface area contributed by atoms with Gasteiger partial charge >= 0.3 is 0 Å². The van der Waals surface area contributed by atoms with E-state index >= 15 is 0 Å². The molecule has 2 aromatic rings. The van der Waals surface area contributed by atoms with Gasteiger partial charge in [0.2, 0.25) is 5.95 Å². The Morgan fingerprint density at radius 2 is 1.82 bits per heavy atom. The molecule has 0 aliphatic heterocycles. The minimum Gasteiger partial charge on any atom is -0.354 e. The molecular formula is C15H21Cl2N5. The predicted molar refractivity (Wildman–Crippen MR) is 95.2 cm³/mol. The van der Waals surface area contributed by atoms with Crippen LogP contribution in [0.25, 0.3) is 11.0 Å². The lowest BCUT2D eigenvalue weighted by atomic mass is 10.3. The quantitative estimate of drug-likeness (QED) is 0.653. The second-order valence-electron chi connectivity index (χ2n) is 5.74. The Morgan fingerprint density at radius 1 is 1.18 bits per heavy atom. The van der Waals surface area contributed by atoms with E-state index in [4.69, 9.17) is 23.2 Å². The number of aryl methyl sites for hydroxylation is 1. The first-order valence-corrected chi connectivity index (χ1v) is 7.96. The molecule has 1 aromatic carbocycles. The predicted octanol–water partition coefficient (Wildman–Crippen LogP) is 4.05. The van der Waals surface area contributed by atoms with Crippen LogP contribution in [0.15, 0.2) is 17.1 Å². The van der Waals surface area contributed by atoms with E-state index in [1.165, 1.54) is 0 Å².